The van der Waals surface area contributed by atoms with Crippen molar-refractivity contribution in [1.29, 1.82) is 0 Å². The number of nitrogens with zero attached hydrogens (tertiary/aromatic N) is 3. The third-order valence-corrected chi connectivity index (χ3v) is 3.44. The minimum absolute atomic E-state index is 0.306. The second kappa shape index (κ2) is 4.76. The number of rotatable bonds is 2. The van der Waals surface area contributed by atoms with Gasteiger partial charge in [0.2, 0.25) is 5.95 Å². The molecule has 3 rings (SSSR count). The van der Waals surface area contributed by atoms with Crippen molar-refractivity contribution in [1.82, 2.24) is 9.97 Å². The number of hydrogen-bond donors (Lipinski definition) is 2. The predicted molar refractivity (Wildman–Crippen MR) is 77.2 cm³/mol. The van der Waals surface area contributed by atoms with Crippen LogP contribution >= 0.6 is 0 Å². The minimum Gasteiger partial charge on any atom is -0.373 e. The smallest absolute Gasteiger partial charge is 0.223 e. The molecule has 1 aromatic carbocycles. The molecule has 5 heteroatoms. The van der Waals surface area contributed by atoms with Crippen molar-refractivity contribution >= 4 is 17.6 Å². The summed E-state index contributed by atoms with van der Waals surface area (Å²) in [5.41, 5.74) is 8.53. The molecule has 19 heavy (non-hydrogen) atoms. The number of anilines is 3. The maximum Gasteiger partial charge on any atom is 0.223 e. The molecule has 3 N–H and O–H groups in total. The first kappa shape index (κ1) is 11.8. The van der Waals surface area contributed by atoms with E-state index in [9.17, 15) is 0 Å². The van der Waals surface area contributed by atoms with Crippen LogP contribution in [0, 0.1) is 0 Å². The van der Waals surface area contributed by atoms with Crippen LogP contribution in [0.4, 0.5) is 17.6 Å². The molecule has 0 saturated heterocycles. The Balaban J connectivity index is 1.90. The average Bonchev–Trinajstić information content (AvgIpc) is 2.46. The molecule has 1 aliphatic heterocycles. The van der Waals surface area contributed by atoms with Gasteiger partial charge in [-0.05, 0) is 17.5 Å². The lowest BCUT2D eigenvalue weighted by Crippen LogP contribution is -2.31. The van der Waals surface area contributed by atoms with Gasteiger partial charge in [-0.3, -0.25) is 0 Å². The zero-order chi connectivity index (χ0) is 13.2. The molecule has 0 atom stereocenters. The molecule has 2 aromatic rings. The highest BCUT2D eigenvalue weighted by atomic mass is 15.2. The first-order valence-electron chi connectivity index (χ1n) is 6.40. The van der Waals surface area contributed by atoms with Crippen LogP contribution < -0.4 is 16.0 Å². The van der Waals surface area contributed by atoms with Crippen molar-refractivity contribution in [2.24, 2.45) is 0 Å². The minimum atomic E-state index is 0.306. The van der Waals surface area contributed by atoms with E-state index in [4.69, 9.17) is 5.73 Å². The Morgan fingerprint density at radius 3 is 2.79 bits per heavy atom. The maximum absolute atomic E-state index is 5.75. The Labute approximate surface area is 112 Å². The molecule has 1 aliphatic rings. The number of nitrogens with one attached hydrogen (secondary N) is 1. The zero-order valence-electron chi connectivity index (χ0n) is 10.9. The fourth-order valence-electron chi connectivity index (χ4n) is 2.43. The van der Waals surface area contributed by atoms with Crippen LogP contribution in [0.2, 0.25) is 0 Å². The summed E-state index contributed by atoms with van der Waals surface area (Å²) in [7, 11) is 1.83. The summed E-state index contributed by atoms with van der Waals surface area (Å²) in [5, 5.41) is 3.01. The van der Waals surface area contributed by atoms with Gasteiger partial charge in [-0.25, -0.2) is 0 Å². The van der Waals surface area contributed by atoms with Crippen LogP contribution in [0.25, 0.3) is 0 Å². The van der Waals surface area contributed by atoms with E-state index in [-0.39, 0.29) is 0 Å². The van der Waals surface area contributed by atoms with Gasteiger partial charge in [0.05, 0.1) is 0 Å². The average molecular weight is 255 g/mol. The van der Waals surface area contributed by atoms with Crippen molar-refractivity contribution in [3.63, 3.8) is 0 Å². The molecule has 1 aromatic heterocycles. The van der Waals surface area contributed by atoms with E-state index in [0.29, 0.717) is 5.95 Å². The van der Waals surface area contributed by atoms with Gasteiger partial charge in [-0.15, -0.1) is 0 Å². The van der Waals surface area contributed by atoms with Gasteiger partial charge in [0, 0.05) is 26.2 Å². The standard InChI is InChI=1S/C14H17N5/c1-16-12-8-13(18-14(15)17-12)19-7-6-10-4-2-3-5-11(10)9-19/h2-5,8H,6-7,9H2,1H3,(H3,15,16,17,18). The highest BCUT2D eigenvalue weighted by Gasteiger charge is 2.17. The molecular formula is C14H17N5. The van der Waals surface area contributed by atoms with Gasteiger partial charge in [-0.2, -0.15) is 9.97 Å². The summed E-state index contributed by atoms with van der Waals surface area (Å²) in [5.74, 6) is 1.94. The number of aromatic nitrogens is 2. The van der Waals surface area contributed by atoms with Crippen molar-refractivity contribution in [2.45, 2.75) is 13.0 Å². The molecule has 2 heterocycles. The summed E-state index contributed by atoms with van der Waals surface area (Å²) >= 11 is 0. The Bertz CT molecular complexity index is 596. The van der Waals surface area contributed by atoms with Gasteiger partial charge in [0.1, 0.15) is 11.6 Å². The molecule has 0 fully saturated rings. The number of nitrogen functional groups attached to an aromatic ring is 1. The van der Waals surface area contributed by atoms with Crippen LogP contribution in [-0.4, -0.2) is 23.6 Å². The number of nitrogens with two attached hydrogens (primary N) is 1. The maximum atomic E-state index is 5.75. The Kier molecular flexibility index (Phi) is 2.95. The van der Waals surface area contributed by atoms with Crippen molar-refractivity contribution in [3.8, 4) is 0 Å². The summed E-state index contributed by atoms with van der Waals surface area (Å²) in [4.78, 5) is 10.7. The van der Waals surface area contributed by atoms with Crippen LogP contribution in [0.3, 0.4) is 0 Å². The third-order valence-electron chi connectivity index (χ3n) is 3.44. The lowest BCUT2D eigenvalue weighted by molar-refractivity contribution is 0.720. The van der Waals surface area contributed by atoms with Gasteiger partial charge in [-0.1, -0.05) is 24.3 Å². The van der Waals surface area contributed by atoms with Crippen molar-refractivity contribution in [3.05, 3.63) is 41.5 Å². The number of fused-ring (bicyclic) bond motifs is 1. The lowest BCUT2D eigenvalue weighted by atomic mass is 10.00. The molecular weight excluding hydrogens is 238 g/mol. The van der Waals surface area contributed by atoms with E-state index in [1.807, 2.05) is 13.1 Å². The topological polar surface area (TPSA) is 67.1 Å². The van der Waals surface area contributed by atoms with Crippen LogP contribution in [0.1, 0.15) is 11.1 Å². The van der Waals surface area contributed by atoms with Gasteiger partial charge < -0.3 is 16.0 Å². The first-order chi connectivity index (χ1) is 9.26. The summed E-state index contributed by atoms with van der Waals surface area (Å²) in [6.45, 7) is 1.83. The van der Waals surface area contributed by atoms with Gasteiger partial charge in [0.25, 0.3) is 0 Å². The second-order valence-corrected chi connectivity index (χ2v) is 4.66. The van der Waals surface area contributed by atoms with E-state index < -0.39 is 0 Å². The number of hydrogen-bond acceptors (Lipinski definition) is 5. The Morgan fingerprint density at radius 2 is 2.00 bits per heavy atom. The fraction of sp³-hybridized carbons (Fsp3) is 0.286. The van der Waals surface area contributed by atoms with E-state index in [0.717, 1.165) is 31.1 Å². The van der Waals surface area contributed by atoms with Gasteiger partial charge in [0.15, 0.2) is 0 Å². The molecule has 0 saturated carbocycles. The van der Waals surface area contributed by atoms with Crippen LogP contribution in [-0.2, 0) is 13.0 Å². The lowest BCUT2D eigenvalue weighted by Gasteiger charge is -2.30. The van der Waals surface area contributed by atoms with E-state index in [2.05, 4.69) is 44.5 Å². The summed E-state index contributed by atoms with van der Waals surface area (Å²) in [6, 6.07) is 10.5. The van der Waals surface area contributed by atoms with Crippen LogP contribution in [0.15, 0.2) is 30.3 Å². The largest absolute Gasteiger partial charge is 0.373 e. The molecule has 0 bridgehead atoms. The highest BCUT2D eigenvalue weighted by molar-refractivity contribution is 5.53. The Morgan fingerprint density at radius 1 is 1.21 bits per heavy atom. The highest BCUT2D eigenvalue weighted by Crippen LogP contribution is 2.24. The Hall–Kier alpha value is -2.30. The normalized spacial score (nSPS) is 14.1. The summed E-state index contributed by atoms with van der Waals surface area (Å²) < 4.78 is 0. The van der Waals surface area contributed by atoms with Crippen molar-refractivity contribution < 1.29 is 0 Å². The number of benzene rings is 1. The van der Waals surface area contributed by atoms with Crippen LogP contribution in [0.5, 0.6) is 0 Å². The van der Waals surface area contributed by atoms with Gasteiger partial charge >= 0.3 is 0 Å². The quantitative estimate of drug-likeness (QED) is 0.854. The molecule has 5 nitrogen and oxygen atoms in total. The molecule has 0 radical (unpaired) electrons. The second-order valence-electron chi connectivity index (χ2n) is 4.66. The van der Waals surface area contributed by atoms with E-state index in [1.165, 1.54) is 11.1 Å². The monoisotopic (exact) mass is 255 g/mol. The van der Waals surface area contributed by atoms with E-state index >= 15 is 0 Å². The molecule has 0 spiro atoms. The zero-order valence-corrected chi connectivity index (χ0v) is 10.9. The molecule has 0 unspecified atom stereocenters. The summed E-state index contributed by atoms with van der Waals surface area (Å²) in [6.07, 6.45) is 1.04. The molecule has 0 amide bonds. The third kappa shape index (κ3) is 2.31. The molecule has 98 valence electrons. The van der Waals surface area contributed by atoms with Crippen molar-refractivity contribution in [2.75, 3.05) is 29.5 Å². The fourth-order valence-corrected chi connectivity index (χ4v) is 2.43. The van der Waals surface area contributed by atoms with E-state index in [1.54, 1.807) is 0 Å². The predicted octanol–water partition coefficient (Wildman–Crippen LogP) is 1.66. The first-order valence-corrected chi connectivity index (χ1v) is 6.40. The SMILES string of the molecule is CNc1cc(N2CCc3ccccc3C2)nc(N)n1. The molecule has 0 aliphatic carbocycles.